The van der Waals surface area contributed by atoms with E-state index in [1.807, 2.05) is 48.5 Å². The molecule has 4 aromatic rings. The van der Waals surface area contributed by atoms with Gasteiger partial charge >= 0.3 is 0 Å². The number of hydrogen-bond acceptors (Lipinski definition) is 2. The molecule has 0 spiro atoms. The summed E-state index contributed by atoms with van der Waals surface area (Å²) in [6, 6.07) is 19.7. The smallest absolute Gasteiger partial charge is 0.136 e. The number of halogens is 1. The Morgan fingerprint density at radius 2 is 1.62 bits per heavy atom. The molecule has 3 aromatic carbocycles. The van der Waals surface area contributed by atoms with Gasteiger partial charge in [-0.25, -0.2) is 0 Å². The molecule has 24 heavy (non-hydrogen) atoms. The minimum atomic E-state index is -0.998. The molecule has 2 nitrogen and oxygen atoms in total. The van der Waals surface area contributed by atoms with Crippen molar-refractivity contribution in [2.24, 2.45) is 0 Å². The van der Waals surface area contributed by atoms with E-state index in [2.05, 4.69) is 12.1 Å². The molecule has 120 valence electrons. The van der Waals surface area contributed by atoms with Crippen molar-refractivity contribution in [2.75, 3.05) is 0 Å². The highest BCUT2D eigenvalue weighted by atomic mass is 35.5. The zero-order valence-corrected chi connectivity index (χ0v) is 14.3. The van der Waals surface area contributed by atoms with Crippen molar-refractivity contribution in [2.45, 2.75) is 19.4 Å². The fraction of sp³-hybridized carbons (Fsp3) is 0.143. The molecule has 0 bridgehead atoms. The molecule has 0 aliphatic rings. The first-order chi connectivity index (χ1) is 11.4. The van der Waals surface area contributed by atoms with Gasteiger partial charge in [0.15, 0.2) is 0 Å². The number of fused-ring (bicyclic) bond motifs is 3. The molecule has 0 atom stereocenters. The van der Waals surface area contributed by atoms with Crippen molar-refractivity contribution in [1.29, 1.82) is 0 Å². The summed E-state index contributed by atoms with van der Waals surface area (Å²) in [5.74, 6) is 0. The molecule has 0 amide bonds. The van der Waals surface area contributed by atoms with Gasteiger partial charge in [-0.15, -0.1) is 0 Å². The normalized spacial score (nSPS) is 12.2. The summed E-state index contributed by atoms with van der Waals surface area (Å²) in [4.78, 5) is 0. The lowest BCUT2D eigenvalue weighted by atomic mass is 9.88. The Labute approximate surface area is 145 Å². The highest BCUT2D eigenvalue weighted by Crippen LogP contribution is 2.40. The maximum atomic E-state index is 10.6. The second kappa shape index (κ2) is 5.37. The van der Waals surface area contributed by atoms with Gasteiger partial charge in [-0.1, -0.05) is 48.0 Å². The maximum absolute atomic E-state index is 10.6. The lowest BCUT2D eigenvalue weighted by Crippen LogP contribution is -2.16. The summed E-state index contributed by atoms with van der Waals surface area (Å²) in [6.45, 7) is 3.55. The fourth-order valence-corrected chi connectivity index (χ4v) is 3.43. The Bertz CT molecular complexity index is 1050. The van der Waals surface area contributed by atoms with Crippen LogP contribution in [0.4, 0.5) is 0 Å². The van der Waals surface area contributed by atoms with Gasteiger partial charge in [-0.2, -0.15) is 0 Å². The molecule has 1 N–H and O–H groups in total. The van der Waals surface area contributed by atoms with E-state index >= 15 is 0 Å². The molecule has 0 aliphatic carbocycles. The van der Waals surface area contributed by atoms with Gasteiger partial charge in [0, 0.05) is 15.8 Å². The van der Waals surface area contributed by atoms with Crippen LogP contribution in [0, 0.1) is 0 Å². The zero-order chi connectivity index (χ0) is 16.9. The molecule has 3 heteroatoms. The van der Waals surface area contributed by atoms with Crippen LogP contribution in [-0.4, -0.2) is 5.11 Å². The van der Waals surface area contributed by atoms with Gasteiger partial charge in [0.1, 0.15) is 11.2 Å². The molecule has 0 saturated heterocycles. The third-order valence-electron chi connectivity index (χ3n) is 4.33. The quantitative estimate of drug-likeness (QED) is 0.477. The van der Waals surface area contributed by atoms with Gasteiger partial charge in [-0.3, -0.25) is 0 Å². The van der Waals surface area contributed by atoms with E-state index in [-0.39, 0.29) is 0 Å². The monoisotopic (exact) mass is 336 g/mol. The number of aliphatic hydroxyl groups is 1. The van der Waals surface area contributed by atoms with E-state index < -0.39 is 5.60 Å². The largest absolute Gasteiger partial charge is 0.456 e. The van der Waals surface area contributed by atoms with Crippen LogP contribution in [0.1, 0.15) is 19.4 Å². The van der Waals surface area contributed by atoms with Gasteiger partial charge in [-0.05, 0) is 54.8 Å². The minimum Gasteiger partial charge on any atom is -0.456 e. The lowest BCUT2D eigenvalue weighted by molar-refractivity contribution is 0.0792. The topological polar surface area (TPSA) is 33.4 Å². The summed E-state index contributed by atoms with van der Waals surface area (Å²) >= 11 is 6.17. The Morgan fingerprint density at radius 1 is 0.875 bits per heavy atom. The fourth-order valence-electron chi connectivity index (χ4n) is 3.26. The highest BCUT2D eigenvalue weighted by molar-refractivity contribution is 6.30. The van der Waals surface area contributed by atoms with E-state index in [4.69, 9.17) is 16.0 Å². The average Bonchev–Trinajstić information content (AvgIpc) is 2.92. The number of rotatable bonds is 2. The van der Waals surface area contributed by atoms with Gasteiger partial charge in [0.2, 0.25) is 0 Å². The zero-order valence-electron chi connectivity index (χ0n) is 13.5. The van der Waals surface area contributed by atoms with Crippen LogP contribution in [0.3, 0.4) is 0 Å². The Balaban J connectivity index is 2.12. The van der Waals surface area contributed by atoms with Crippen molar-refractivity contribution in [3.8, 4) is 11.1 Å². The summed E-state index contributed by atoms with van der Waals surface area (Å²) in [7, 11) is 0. The van der Waals surface area contributed by atoms with Crippen molar-refractivity contribution < 1.29 is 9.52 Å². The van der Waals surface area contributed by atoms with E-state index in [1.54, 1.807) is 13.8 Å². The number of para-hydroxylation sites is 1. The van der Waals surface area contributed by atoms with Crippen LogP contribution >= 0.6 is 11.6 Å². The first kappa shape index (κ1) is 15.3. The maximum Gasteiger partial charge on any atom is 0.136 e. The van der Waals surface area contributed by atoms with Gasteiger partial charge in [0.25, 0.3) is 0 Å². The number of furan rings is 1. The van der Waals surface area contributed by atoms with Crippen LogP contribution in [0.25, 0.3) is 33.1 Å². The van der Waals surface area contributed by atoms with Crippen molar-refractivity contribution in [3.05, 3.63) is 71.2 Å². The standard InChI is InChI=1S/C21H17ClO2/c1-21(2,23)17-12-13(22)10-11-14(17)15-7-5-9-19-20(15)16-6-3-4-8-18(16)24-19/h3-12,23H,1-2H3. The highest BCUT2D eigenvalue weighted by Gasteiger charge is 2.23. The van der Waals surface area contributed by atoms with E-state index in [0.717, 1.165) is 38.6 Å². The summed E-state index contributed by atoms with van der Waals surface area (Å²) in [5.41, 5.74) is 3.49. The molecule has 0 saturated carbocycles. The van der Waals surface area contributed by atoms with Crippen molar-refractivity contribution >= 4 is 33.5 Å². The van der Waals surface area contributed by atoms with Crippen LogP contribution in [0.5, 0.6) is 0 Å². The molecule has 0 unspecified atom stereocenters. The molecular formula is C21H17ClO2. The van der Waals surface area contributed by atoms with Crippen LogP contribution in [0.15, 0.2) is 65.1 Å². The van der Waals surface area contributed by atoms with Crippen molar-refractivity contribution in [3.63, 3.8) is 0 Å². The summed E-state index contributed by atoms with van der Waals surface area (Å²) in [6.07, 6.45) is 0. The number of hydrogen-bond donors (Lipinski definition) is 1. The van der Waals surface area contributed by atoms with E-state index in [0.29, 0.717) is 5.02 Å². The molecule has 0 aliphatic heterocycles. The predicted molar refractivity (Wildman–Crippen MR) is 99.4 cm³/mol. The second-order valence-electron chi connectivity index (χ2n) is 6.53. The predicted octanol–water partition coefficient (Wildman–Crippen LogP) is 6.13. The van der Waals surface area contributed by atoms with E-state index in [9.17, 15) is 5.11 Å². The first-order valence-electron chi connectivity index (χ1n) is 7.88. The molecular weight excluding hydrogens is 320 g/mol. The van der Waals surface area contributed by atoms with Gasteiger partial charge < -0.3 is 9.52 Å². The summed E-state index contributed by atoms with van der Waals surface area (Å²) in [5, 5.41) is 13.3. The Kier molecular flexibility index (Phi) is 3.41. The van der Waals surface area contributed by atoms with Crippen LogP contribution < -0.4 is 0 Å². The number of benzene rings is 3. The SMILES string of the molecule is CC(C)(O)c1cc(Cl)ccc1-c1cccc2oc3ccccc3c12. The molecule has 0 radical (unpaired) electrons. The third kappa shape index (κ3) is 2.39. The Morgan fingerprint density at radius 3 is 2.42 bits per heavy atom. The average molecular weight is 337 g/mol. The van der Waals surface area contributed by atoms with E-state index in [1.165, 1.54) is 0 Å². The molecule has 0 fully saturated rings. The first-order valence-corrected chi connectivity index (χ1v) is 8.26. The molecule has 1 aromatic heterocycles. The second-order valence-corrected chi connectivity index (χ2v) is 6.96. The molecule has 1 heterocycles. The summed E-state index contributed by atoms with van der Waals surface area (Å²) < 4.78 is 5.98. The van der Waals surface area contributed by atoms with Crippen molar-refractivity contribution in [1.82, 2.24) is 0 Å². The lowest BCUT2D eigenvalue weighted by Gasteiger charge is -2.22. The molecule has 4 rings (SSSR count). The van der Waals surface area contributed by atoms with Crippen LogP contribution in [0.2, 0.25) is 5.02 Å². The Hall–Kier alpha value is -2.29. The minimum absolute atomic E-state index is 0.611. The third-order valence-corrected chi connectivity index (χ3v) is 4.57. The van der Waals surface area contributed by atoms with Gasteiger partial charge in [0.05, 0.1) is 5.60 Å². The van der Waals surface area contributed by atoms with Crippen LogP contribution in [-0.2, 0) is 5.60 Å².